The quantitative estimate of drug-likeness (QED) is 0.375. The van der Waals surface area contributed by atoms with Crippen molar-refractivity contribution in [2.75, 3.05) is 24.7 Å². The van der Waals surface area contributed by atoms with Crippen molar-refractivity contribution >= 4 is 17.6 Å². The van der Waals surface area contributed by atoms with Crippen LogP contribution in [-0.4, -0.2) is 41.4 Å². The molecule has 2 aliphatic heterocycles. The van der Waals surface area contributed by atoms with Crippen molar-refractivity contribution in [2.45, 2.75) is 19.3 Å². The van der Waals surface area contributed by atoms with Crippen LogP contribution < -0.4 is 9.64 Å². The molecular formula is C30H27N3O4. The molecule has 3 heterocycles. The first-order valence-corrected chi connectivity index (χ1v) is 12.6. The average Bonchev–Trinajstić information content (AvgIpc) is 3.45. The van der Waals surface area contributed by atoms with E-state index in [0.717, 1.165) is 22.5 Å². The molecule has 0 N–H and O–H groups in total. The molecule has 4 aromatic rings. The number of esters is 1. The summed E-state index contributed by atoms with van der Waals surface area (Å²) in [5.74, 6) is -1.00. The summed E-state index contributed by atoms with van der Waals surface area (Å²) in [5, 5.41) is 5.02. The SMILES string of the molecule is CCOC(=O)[C@@H]1COc2c(-c3ccccc3)nn(-c3ccccc3)c2[C@@]12C(=O)N(CC)c1ccccc12. The first kappa shape index (κ1) is 23.0. The Morgan fingerprint density at radius 1 is 1.00 bits per heavy atom. The standard InChI is InChI=1S/C30H27N3O4/c1-3-32-24-18-12-11-17-22(24)30(29(32)35)23(28(34)36-4-2)19-37-26-25(20-13-7-5-8-14-20)31-33(27(26)30)21-15-9-6-10-16-21/h5-18,23H,3-4,19H2,1-2H3/t23-,30-/m0/s1. The molecule has 0 unspecified atom stereocenters. The molecule has 0 radical (unpaired) electrons. The van der Waals surface area contributed by atoms with Gasteiger partial charge in [-0.05, 0) is 37.6 Å². The Bertz CT molecular complexity index is 1480. The second kappa shape index (κ2) is 8.92. The normalized spacial score (nSPS) is 19.9. The largest absolute Gasteiger partial charge is 0.488 e. The number of fused-ring (bicyclic) bond motifs is 4. The van der Waals surface area contributed by atoms with Crippen molar-refractivity contribution in [3.8, 4) is 22.7 Å². The summed E-state index contributed by atoms with van der Waals surface area (Å²) in [6.07, 6.45) is 0. The molecular weight excluding hydrogens is 466 g/mol. The Labute approximate surface area is 215 Å². The zero-order chi connectivity index (χ0) is 25.6. The third-order valence-corrected chi connectivity index (χ3v) is 7.27. The van der Waals surface area contributed by atoms with Crippen LogP contribution in [0.4, 0.5) is 5.69 Å². The summed E-state index contributed by atoms with van der Waals surface area (Å²) in [5.41, 5.74) is 3.01. The van der Waals surface area contributed by atoms with Crippen LogP contribution in [0.15, 0.2) is 84.9 Å². The minimum absolute atomic E-state index is 0.00375. The van der Waals surface area contributed by atoms with Crippen LogP contribution in [0.3, 0.4) is 0 Å². The van der Waals surface area contributed by atoms with Gasteiger partial charge < -0.3 is 14.4 Å². The van der Waals surface area contributed by atoms with E-state index in [1.54, 1.807) is 16.5 Å². The molecule has 1 amide bonds. The highest BCUT2D eigenvalue weighted by molar-refractivity contribution is 6.13. The van der Waals surface area contributed by atoms with Gasteiger partial charge in [0.05, 0.1) is 12.3 Å². The summed E-state index contributed by atoms with van der Waals surface area (Å²) < 4.78 is 13.7. The van der Waals surface area contributed by atoms with Crippen LogP contribution in [0.2, 0.25) is 0 Å². The first-order chi connectivity index (χ1) is 18.1. The number of amides is 1. The summed E-state index contributed by atoms with van der Waals surface area (Å²) >= 11 is 0. The van der Waals surface area contributed by atoms with Crippen molar-refractivity contribution in [1.29, 1.82) is 0 Å². The van der Waals surface area contributed by atoms with Crippen LogP contribution in [0.5, 0.6) is 5.75 Å². The molecule has 3 aromatic carbocycles. The number of rotatable bonds is 5. The molecule has 0 fully saturated rings. The van der Waals surface area contributed by atoms with Gasteiger partial charge in [0.1, 0.15) is 29.3 Å². The molecule has 7 heteroatoms. The van der Waals surface area contributed by atoms with Gasteiger partial charge in [-0.1, -0.05) is 66.7 Å². The van der Waals surface area contributed by atoms with Crippen LogP contribution in [0.1, 0.15) is 25.1 Å². The van der Waals surface area contributed by atoms with Gasteiger partial charge in [0, 0.05) is 17.8 Å². The molecule has 2 aliphatic rings. The van der Waals surface area contributed by atoms with E-state index < -0.39 is 17.3 Å². The highest BCUT2D eigenvalue weighted by atomic mass is 16.5. The lowest BCUT2D eigenvalue weighted by molar-refractivity contribution is -0.154. The Hall–Kier alpha value is -4.39. The van der Waals surface area contributed by atoms with E-state index in [1.165, 1.54) is 0 Å². The van der Waals surface area contributed by atoms with E-state index in [2.05, 4.69) is 0 Å². The molecule has 7 nitrogen and oxygen atoms in total. The molecule has 0 aliphatic carbocycles. The van der Waals surface area contributed by atoms with Crippen LogP contribution >= 0.6 is 0 Å². The number of hydrogen-bond donors (Lipinski definition) is 0. The highest BCUT2D eigenvalue weighted by Crippen LogP contribution is 2.57. The maximum Gasteiger partial charge on any atom is 0.314 e. The van der Waals surface area contributed by atoms with Crippen molar-refractivity contribution < 1.29 is 19.1 Å². The van der Waals surface area contributed by atoms with Crippen LogP contribution in [0.25, 0.3) is 16.9 Å². The molecule has 6 rings (SSSR count). The molecule has 1 spiro atoms. The summed E-state index contributed by atoms with van der Waals surface area (Å²) in [6, 6.07) is 27.1. The topological polar surface area (TPSA) is 73.7 Å². The number of aromatic nitrogens is 2. The summed E-state index contributed by atoms with van der Waals surface area (Å²) in [6.45, 7) is 4.39. The van der Waals surface area contributed by atoms with Gasteiger partial charge in [-0.15, -0.1) is 0 Å². The summed E-state index contributed by atoms with van der Waals surface area (Å²) in [4.78, 5) is 29.9. The van der Waals surface area contributed by atoms with E-state index in [4.69, 9.17) is 14.6 Å². The van der Waals surface area contributed by atoms with Gasteiger partial charge in [-0.2, -0.15) is 5.10 Å². The van der Waals surface area contributed by atoms with Crippen molar-refractivity contribution in [3.05, 3.63) is 96.2 Å². The number of carbonyl (C=O) groups is 2. The van der Waals surface area contributed by atoms with E-state index in [1.807, 2.05) is 91.9 Å². The number of nitrogens with zero attached hydrogens (tertiary/aromatic N) is 3. The van der Waals surface area contributed by atoms with Gasteiger partial charge in [-0.3, -0.25) is 9.59 Å². The lowest BCUT2D eigenvalue weighted by atomic mass is 9.67. The predicted molar refractivity (Wildman–Crippen MR) is 140 cm³/mol. The third kappa shape index (κ3) is 3.23. The summed E-state index contributed by atoms with van der Waals surface area (Å²) in [7, 11) is 0. The number of carbonyl (C=O) groups excluding carboxylic acids is 2. The average molecular weight is 494 g/mol. The van der Waals surface area contributed by atoms with Gasteiger partial charge in [0.15, 0.2) is 5.75 Å². The minimum Gasteiger partial charge on any atom is -0.488 e. The minimum atomic E-state index is -1.36. The van der Waals surface area contributed by atoms with Crippen molar-refractivity contribution in [2.24, 2.45) is 5.92 Å². The van der Waals surface area contributed by atoms with E-state index in [9.17, 15) is 9.59 Å². The Balaban J connectivity index is 1.74. The fourth-order valence-electron chi connectivity index (χ4n) is 5.73. The number of benzene rings is 3. The smallest absolute Gasteiger partial charge is 0.314 e. The van der Waals surface area contributed by atoms with Gasteiger partial charge in [0.25, 0.3) is 0 Å². The maximum atomic E-state index is 14.6. The second-order valence-corrected chi connectivity index (χ2v) is 9.13. The van der Waals surface area contributed by atoms with Gasteiger partial charge in [-0.25, -0.2) is 4.68 Å². The lowest BCUT2D eigenvalue weighted by Gasteiger charge is -2.39. The lowest BCUT2D eigenvalue weighted by Crippen LogP contribution is -2.54. The van der Waals surface area contributed by atoms with E-state index in [0.29, 0.717) is 23.7 Å². The van der Waals surface area contributed by atoms with Crippen molar-refractivity contribution in [3.63, 3.8) is 0 Å². The Morgan fingerprint density at radius 3 is 2.38 bits per heavy atom. The second-order valence-electron chi connectivity index (χ2n) is 9.13. The molecule has 0 bridgehead atoms. The highest BCUT2D eigenvalue weighted by Gasteiger charge is 2.64. The maximum absolute atomic E-state index is 14.6. The molecule has 0 saturated carbocycles. The Kier molecular flexibility index (Phi) is 5.56. The van der Waals surface area contributed by atoms with E-state index in [-0.39, 0.29) is 19.1 Å². The molecule has 186 valence electrons. The fourth-order valence-corrected chi connectivity index (χ4v) is 5.73. The van der Waals surface area contributed by atoms with Crippen LogP contribution in [-0.2, 0) is 19.7 Å². The third-order valence-electron chi connectivity index (χ3n) is 7.27. The zero-order valence-electron chi connectivity index (χ0n) is 20.8. The van der Waals surface area contributed by atoms with Crippen molar-refractivity contribution in [1.82, 2.24) is 9.78 Å². The number of likely N-dealkylation sites (N-methyl/N-ethyl adjacent to an activating group) is 1. The first-order valence-electron chi connectivity index (χ1n) is 12.6. The predicted octanol–water partition coefficient (Wildman–Crippen LogP) is 4.76. The van der Waals surface area contributed by atoms with Gasteiger partial charge >= 0.3 is 5.97 Å². The molecule has 37 heavy (non-hydrogen) atoms. The molecule has 1 aromatic heterocycles. The van der Waals surface area contributed by atoms with Gasteiger partial charge in [0.2, 0.25) is 5.91 Å². The Morgan fingerprint density at radius 2 is 1.68 bits per heavy atom. The van der Waals surface area contributed by atoms with E-state index >= 15 is 0 Å². The molecule has 0 saturated heterocycles. The monoisotopic (exact) mass is 493 g/mol. The number of ether oxygens (including phenoxy) is 2. The zero-order valence-corrected chi connectivity index (χ0v) is 20.8. The number of anilines is 1. The fraction of sp³-hybridized carbons (Fsp3) is 0.233. The molecule has 2 atom stereocenters. The van der Waals surface area contributed by atoms with Crippen LogP contribution in [0, 0.1) is 5.92 Å². The number of para-hydroxylation sites is 2. The number of hydrogen-bond acceptors (Lipinski definition) is 5.